The molecule has 19 heavy (non-hydrogen) atoms. The maximum Gasteiger partial charge on any atom is 0.399 e. The molecule has 1 saturated heterocycles. The van der Waals surface area contributed by atoms with Gasteiger partial charge in [-0.2, -0.15) is 0 Å². The maximum atomic E-state index is 5.94. The van der Waals surface area contributed by atoms with Crippen LogP contribution in [0.3, 0.4) is 0 Å². The Hall–Kier alpha value is -1.45. The van der Waals surface area contributed by atoms with Crippen molar-refractivity contribution in [2.45, 2.75) is 12.3 Å². The molecule has 1 fully saturated rings. The predicted molar refractivity (Wildman–Crippen MR) is 73.3 cm³/mol. The Balaban J connectivity index is 1.69. The molecule has 1 aliphatic heterocycles. The van der Waals surface area contributed by atoms with Gasteiger partial charge in [0, 0.05) is 0 Å². The molecule has 1 heterocycles. The molecule has 1 aliphatic rings. The van der Waals surface area contributed by atoms with Crippen LogP contribution in [0.5, 0.6) is 5.75 Å². The molecule has 0 bridgehead atoms. The Labute approximate surface area is 113 Å². The predicted octanol–water partition coefficient (Wildman–Crippen LogP) is 3.37. The highest BCUT2D eigenvalue weighted by molar-refractivity contribution is 7.42. The van der Waals surface area contributed by atoms with E-state index in [1.165, 1.54) is 0 Å². The Morgan fingerprint density at radius 2 is 1.53 bits per heavy atom. The Bertz CT molecular complexity index is 523. The summed E-state index contributed by atoms with van der Waals surface area (Å²) in [4.78, 5) is 0. The van der Waals surface area contributed by atoms with Crippen LogP contribution in [-0.4, -0.2) is 6.23 Å². The lowest BCUT2D eigenvalue weighted by Crippen LogP contribution is -2.24. The third kappa shape index (κ3) is 2.94. The number of nitrogens with two attached hydrogens (primary N) is 1. The van der Waals surface area contributed by atoms with E-state index in [-0.39, 0.29) is 6.10 Å². The van der Waals surface area contributed by atoms with Crippen LogP contribution in [0.4, 0.5) is 0 Å². The Morgan fingerprint density at radius 1 is 0.895 bits per heavy atom. The van der Waals surface area contributed by atoms with Gasteiger partial charge >= 0.3 is 8.60 Å². The normalized spacial score (nSPS) is 26.3. The highest BCUT2D eigenvalue weighted by atomic mass is 31.2. The first-order chi connectivity index (χ1) is 9.33. The second-order valence-corrected chi connectivity index (χ2v) is 5.19. The third-order valence-corrected chi connectivity index (χ3v) is 3.93. The summed E-state index contributed by atoms with van der Waals surface area (Å²) in [6.45, 7) is 0. The standard InChI is InChI=1S/C14H14NO3P/c15-14-13(11-7-3-1-4-8-11)17-19(18-14)16-12-9-5-2-6-10-12/h1-10,13-14H,15H2/t13?,14-,19?/m0/s1. The second-order valence-electron chi connectivity index (χ2n) is 4.13. The fraction of sp³-hybridized carbons (Fsp3) is 0.143. The van der Waals surface area contributed by atoms with E-state index in [2.05, 4.69) is 0 Å². The number of rotatable bonds is 3. The van der Waals surface area contributed by atoms with E-state index in [0.29, 0.717) is 0 Å². The third-order valence-electron chi connectivity index (χ3n) is 2.76. The van der Waals surface area contributed by atoms with Gasteiger partial charge in [-0.05, 0) is 17.7 Å². The highest BCUT2D eigenvalue weighted by Crippen LogP contribution is 2.53. The van der Waals surface area contributed by atoms with Gasteiger partial charge < -0.3 is 10.3 Å². The van der Waals surface area contributed by atoms with Crippen LogP contribution in [0.25, 0.3) is 0 Å². The molecular weight excluding hydrogens is 261 g/mol. The first-order valence-corrected chi connectivity index (χ1v) is 7.10. The average Bonchev–Trinajstić information content (AvgIpc) is 2.82. The van der Waals surface area contributed by atoms with Gasteiger partial charge in [-0.1, -0.05) is 48.5 Å². The van der Waals surface area contributed by atoms with Crippen molar-refractivity contribution < 1.29 is 13.6 Å². The van der Waals surface area contributed by atoms with Crippen LogP contribution in [0.2, 0.25) is 0 Å². The molecule has 0 radical (unpaired) electrons. The lowest BCUT2D eigenvalue weighted by Gasteiger charge is -2.11. The summed E-state index contributed by atoms with van der Waals surface area (Å²) < 4.78 is 16.9. The van der Waals surface area contributed by atoms with E-state index in [1.54, 1.807) is 0 Å². The van der Waals surface area contributed by atoms with Crippen molar-refractivity contribution in [1.82, 2.24) is 0 Å². The average molecular weight is 275 g/mol. The van der Waals surface area contributed by atoms with E-state index in [4.69, 9.17) is 19.3 Å². The minimum atomic E-state index is -1.45. The van der Waals surface area contributed by atoms with Gasteiger partial charge in [0.2, 0.25) is 0 Å². The van der Waals surface area contributed by atoms with Crippen LogP contribution in [-0.2, 0) is 9.05 Å². The molecule has 2 aromatic carbocycles. The molecule has 2 unspecified atom stereocenters. The minimum Gasteiger partial charge on any atom is -0.427 e. The Kier molecular flexibility index (Phi) is 3.76. The van der Waals surface area contributed by atoms with Crippen LogP contribution in [0.1, 0.15) is 11.7 Å². The van der Waals surface area contributed by atoms with E-state index in [9.17, 15) is 0 Å². The van der Waals surface area contributed by atoms with Crippen LogP contribution in [0.15, 0.2) is 60.7 Å². The largest absolute Gasteiger partial charge is 0.427 e. The molecule has 2 N–H and O–H groups in total. The van der Waals surface area contributed by atoms with Crippen molar-refractivity contribution in [2.24, 2.45) is 5.73 Å². The zero-order valence-corrected chi connectivity index (χ0v) is 11.1. The van der Waals surface area contributed by atoms with Gasteiger partial charge in [-0.15, -0.1) is 0 Å². The van der Waals surface area contributed by atoms with Crippen LogP contribution in [0, 0.1) is 0 Å². The first kappa shape index (κ1) is 12.6. The topological polar surface area (TPSA) is 53.7 Å². The summed E-state index contributed by atoms with van der Waals surface area (Å²) in [5, 5.41) is 0. The van der Waals surface area contributed by atoms with E-state index >= 15 is 0 Å². The lowest BCUT2D eigenvalue weighted by atomic mass is 10.1. The van der Waals surface area contributed by atoms with E-state index in [0.717, 1.165) is 11.3 Å². The molecule has 3 atom stereocenters. The molecule has 98 valence electrons. The minimum absolute atomic E-state index is 0.281. The number of para-hydroxylation sites is 1. The zero-order valence-electron chi connectivity index (χ0n) is 10.2. The zero-order chi connectivity index (χ0) is 13.1. The van der Waals surface area contributed by atoms with Gasteiger partial charge in [0.1, 0.15) is 18.1 Å². The molecule has 0 amide bonds. The molecular formula is C14H14NO3P. The van der Waals surface area contributed by atoms with Crippen LogP contribution >= 0.6 is 8.60 Å². The van der Waals surface area contributed by atoms with Crippen molar-refractivity contribution >= 4 is 8.60 Å². The monoisotopic (exact) mass is 275 g/mol. The lowest BCUT2D eigenvalue weighted by molar-refractivity contribution is 0.163. The highest BCUT2D eigenvalue weighted by Gasteiger charge is 2.38. The van der Waals surface area contributed by atoms with Gasteiger partial charge in [0.25, 0.3) is 0 Å². The van der Waals surface area contributed by atoms with E-state index < -0.39 is 14.8 Å². The number of benzene rings is 2. The molecule has 0 aromatic heterocycles. The van der Waals surface area contributed by atoms with Gasteiger partial charge in [-0.25, -0.2) is 0 Å². The Morgan fingerprint density at radius 3 is 2.21 bits per heavy atom. The van der Waals surface area contributed by atoms with Crippen molar-refractivity contribution in [2.75, 3.05) is 0 Å². The summed E-state index contributed by atoms with van der Waals surface area (Å²) >= 11 is 0. The summed E-state index contributed by atoms with van der Waals surface area (Å²) in [5.74, 6) is 0.717. The molecule has 5 heteroatoms. The van der Waals surface area contributed by atoms with Crippen molar-refractivity contribution in [3.05, 3.63) is 66.2 Å². The van der Waals surface area contributed by atoms with Crippen LogP contribution < -0.4 is 10.3 Å². The quantitative estimate of drug-likeness (QED) is 0.873. The molecule has 2 aromatic rings. The first-order valence-electron chi connectivity index (χ1n) is 6.00. The summed E-state index contributed by atoms with van der Waals surface area (Å²) in [6, 6.07) is 19.2. The summed E-state index contributed by atoms with van der Waals surface area (Å²) in [5.41, 5.74) is 6.94. The SMILES string of the molecule is N[C@H]1OP(Oc2ccccc2)OC1c1ccccc1. The summed E-state index contributed by atoms with van der Waals surface area (Å²) in [7, 11) is -1.45. The fourth-order valence-electron chi connectivity index (χ4n) is 1.84. The van der Waals surface area contributed by atoms with Gasteiger partial charge in [0.15, 0.2) is 0 Å². The van der Waals surface area contributed by atoms with Crippen molar-refractivity contribution in [3.8, 4) is 5.75 Å². The van der Waals surface area contributed by atoms with Gasteiger partial charge in [0.05, 0.1) is 0 Å². The second kappa shape index (κ2) is 5.68. The van der Waals surface area contributed by atoms with Gasteiger partial charge in [-0.3, -0.25) is 9.05 Å². The molecule has 4 nitrogen and oxygen atoms in total. The van der Waals surface area contributed by atoms with Crippen molar-refractivity contribution in [3.63, 3.8) is 0 Å². The number of hydrogen-bond donors (Lipinski definition) is 1. The molecule has 3 rings (SSSR count). The smallest absolute Gasteiger partial charge is 0.399 e. The summed E-state index contributed by atoms with van der Waals surface area (Å²) in [6.07, 6.45) is -0.784. The maximum absolute atomic E-state index is 5.94. The molecule has 0 saturated carbocycles. The molecule has 0 aliphatic carbocycles. The van der Waals surface area contributed by atoms with E-state index in [1.807, 2.05) is 60.7 Å². The van der Waals surface area contributed by atoms with Crippen molar-refractivity contribution in [1.29, 1.82) is 0 Å². The fourth-order valence-corrected chi connectivity index (χ4v) is 3.00. The number of hydrogen-bond acceptors (Lipinski definition) is 4. The molecule has 0 spiro atoms.